The minimum absolute atomic E-state index is 0.294. The molecule has 2 aromatic carbocycles. The molecule has 0 saturated carbocycles. The number of rotatable bonds is 3. The number of fused-ring (bicyclic) bond motifs is 2. The summed E-state index contributed by atoms with van der Waals surface area (Å²) >= 11 is 2.32. The van der Waals surface area contributed by atoms with Gasteiger partial charge in [-0.1, -0.05) is 0 Å². The van der Waals surface area contributed by atoms with E-state index in [9.17, 15) is 14.0 Å². The van der Waals surface area contributed by atoms with Gasteiger partial charge in [-0.15, -0.1) is 0 Å². The average Bonchev–Trinajstić information content (AvgIpc) is 3.22. The van der Waals surface area contributed by atoms with Gasteiger partial charge in [-0.3, -0.25) is 0 Å². The first-order valence-electron chi connectivity index (χ1n) is 11.0. The summed E-state index contributed by atoms with van der Waals surface area (Å²) in [5.41, 5.74) is 3.29. The molecule has 2 radical (unpaired) electrons. The minimum atomic E-state index is -1.23. The normalized spacial score (nSPS) is 15.2. The number of aromatic amines is 2. The second-order valence-corrected chi connectivity index (χ2v) is 9.37. The summed E-state index contributed by atoms with van der Waals surface area (Å²) in [6, 6.07) is 10.8. The number of H-pyrrole nitrogens is 2. The zero-order chi connectivity index (χ0) is 25.3. The van der Waals surface area contributed by atoms with Crippen LogP contribution in [0.5, 0.6) is 0 Å². The number of benzene rings is 2. The Morgan fingerprint density at radius 3 is 2.49 bits per heavy atom. The van der Waals surface area contributed by atoms with Crippen LogP contribution in [0, 0.1) is 5.82 Å². The monoisotopic (exact) mass is 541 g/mol. The van der Waals surface area contributed by atoms with Gasteiger partial charge in [0.1, 0.15) is 6.10 Å². The third-order valence-electron chi connectivity index (χ3n) is 5.89. The SMILES string of the molecule is CC(O)C(=O)O.CN1CCN(c2ccc3nc(-c4c([As])c5c(F)cccc5[nH]c4=O)[nH]c3c2)CC1. The number of nitrogens with one attached hydrogen (secondary N) is 2. The van der Waals surface area contributed by atoms with Crippen LogP contribution in [0.2, 0.25) is 0 Å². The first kappa shape index (κ1) is 24.9. The molecule has 1 fully saturated rings. The summed E-state index contributed by atoms with van der Waals surface area (Å²) in [4.78, 5) is 37.5. The fraction of sp³-hybridized carbons (Fsp3) is 0.292. The maximum atomic E-state index is 14.4. The number of aliphatic carboxylic acids is 1. The van der Waals surface area contributed by atoms with Gasteiger partial charge < -0.3 is 10.2 Å². The van der Waals surface area contributed by atoms with E-state index in [1.807, 2.05) is 6.07 Å². The number of likely N-dealkylation sites (N-methyl/N-ethyl adjacent to an activating group) is 1. The number of hydrogen-bond donors (Lipinski definition) is 4. The van der Waals surface area contributed by atoms with Gasteiger partial charge in [0, 0.05) is 0 Å². The van der Waals surface area contributed by atoms with Crippen LogP contribution in [0.1, 0.15) is 6.92 Å². The Morgan fingerprint density at radius 2 is 1.83 bits per heavy atom. The molecule has 0 bridgehead atoms. The van der Waals surface area contributed by atoms with E-state index in [4.69, 9.17) is 10.2 Å². The van der Waals surface area contributed by atoms with E-state index in [2.05, 4.69) is 60.8 Å². The molecule has 0 aliphatic carbocycles. The Bertz CT molecular complexity index is 1440. The van der Waals surface area contributed by atoms with Crippen molar-refractivity contribution in [2.24, 2.45) is 0 Å². The number of hydrogen-bond acceptors (Lipinski definition) is 6. The maximum absolute atomic E-state index is 14.4. The van der Waals surface area contributed by atoms with E-state index in [1.165, 1.54) is 13.0 Å². The van der Waals surface area contributed by atoms with Crippen molar-refractivity contribution in [3.8, 4) is 11.4 Å². The number of aliphatic hydroxyl groups excluding tert-OH is 1. The number of carboxylic acids is 1. The van der Waals surface area contributed by atoms with Gasteiger partial charge in [0.15, 0.2) is 0 Å². The van der Waals surface area contributed by atoms with Gasteiger partial charge in [0.25, 0.3) is 0 Å². The Kier molecular flexibility index (Phi) is 7.25. The fourth-order valence-corrected chi connectivity index (χ4v) is 4.80. The average molecular weight is 541 g/mol. The van der Waals surface area contributed by atoms with Gasteiger partial charge >= 0.3 is 181 Å². The quantitative estimate of drug-likeness (QED) is 0.288. The van der Waals surface area contributed by atoms with Crippen LogP contribution in [0.25, 0.3) is 33.3 Å². The number of carbonyl (C=O) groups is 1. The van der Waals surface area contributed by atoms with Gasteiger partial charge in [0.2, 0.25) is 0 Å². The van der Waals surface area contributed by atoms with Crippen LogP contribution in [-0.4, -0.2) is 92.2 Å². The summed E-state index contributed by atoms with van der Waals surface area (Å²) < 4.78 is 14.9. The topological polar surface area (TPSA) is 126 Å². The molecule has 11 heteroatoms. The van der Waals surface area contributed by atoms with Gasteiger partial charge in [0.05, 0.1) is 0 Å². The zero-order valence-electron chi connectivity index (χ0n) is 19.2. The summed E-state index contributed by atoms with van der Waals surface area (Å²) in [6.45, 7) is 5.21. The molecule has 1 unspecified atom stereocenters. The zero-order valence-corrected chi connectivity index (χ0v) is 21.1. The second-order valence-electron chi connectivity index (χ2n) is 8.43. The number of aromatic nitrogens is 3. The number of carboxylic acid groups (broad SMARTS) is 1. The summed E-state index contributed by atoms with van der Waals surface area (Å²) in [7, 11) is 2.13. The Balaban J connectivity index is 0.000000431. The third kappa shape index (κ3) is 5.24. The Hall–Kier alpha value is -3.20. The predicted molar refractivity (Wildman–Crippen MR) is 134 cm³/mol. The van der Waals surface area contributed by atoms with Crippen LogP contribution in [0.3, 0.4) is 0 Å². The van der Waals surface area contributed by atoms with Gasteiger partial charge in [-0.05, 0) is 6.92 Å². The first-order valence-corrected chi connectivity index (χ1v) is 12.0. The van der Waals surface area contributed by atoms with E-state index in [0.717, 1.165) is 42.9 Å². The molecule has 1 aliphatic rings. The molecule has 4 N–H and O–H groups in total. The fourth-order valence-electron chi connectivity index (χ4n) is 3.88. The van der Waals surface area contributed by atoms with Crippen molar-refractivity contribution in [1.29, 1.82) is 0 Å². The van der Waals surface area contributed by atoms with E-state index in [0.29, 0.717) is 26.6 Å². The van der Waals surface area contributed by atoms with E-state index in [1.54, 1.807) is 12.1 Å². The molecule has 3 heterocycles. The predicted octanol–water partition coefficient (Wildman–Crippen LogP) is 1.21. The summed E-state index contributed by atoms with van der Waals surface area (Å²) in [5.74, 6) is -1.11. The number of anilines is 1. The number of piperazine rings is 1. The van der Waals surface area contributed by atoms with Crippen molar-refractivity contribution in [3.63, 3.8) is 0 Å². The Labute approximate surface area is 209 Å². The van der Waals surface area contributed by atoms with Crippen molar-refractivity contribution in [3.05, 3.63) is 52.6 Å². The molecule has 0 amide bonds. The molecule has 0 spiro atoms. The van der Waals surface area contributed by atoms with E-state index < -0.39 is 12.1 Å². The molecule has 182 valence electrons. The van der Waals surface area contributed by atoms with Crippen LogP contribution in [0.4, 0.5) is 10.1 Å². The molecule has 2 aromatic heterocycles. The van der Waals surface area contributed by atoms with E-state index in [-0.39, 0.29) is 11.4 Å². The third-order valence-corrected chi connectivity index (χ3v) is 6.83. The number of halogens is 1. The van der Waals surface area contributed by atoms with Crippen molar-refractivity contribution in [2.75, 3.05) is 38.1 Å². The van der Waals surface area contributed by atoms with Crippen molar-refractivity contribution >= 4 is 54.8 Å². The summed E-state index contributed by atoms with van der Waals surface area (Å²) in [6.07, 6.45) is -1.23. The van der Waals surface area contributed by atoms with Crippen molar-refractivity contribution in [1.82, 2.24) is 19.9 Å². The second kappa shape index (κ2) is 10.2. The summed E-state index contributed by atoms with van der Waals surface area (Å²) in [5, 5.41) is 16.2. The van der Waals surface area contributed by atoms with Gasteiger partial charge in [-0.25, -0.2) is 4.79 Å². The van der Waals surface area contributed by atoms with Crippen LogP contribution in [0.15, 0.2) is 41.2 Å². The number of nitrogens with zero attached hydrogens (tertiary/aromatic N) is 3. The van der Waals surface area contributed by atoms with Crippen molar-refractivity contribution < 1.29 is 19.4 Å². The van der Waals surface area contributed by atoms with E-state index >= 15 is 0 Å². The molecule has 5 rings (SSSR count). The number of imidazole rings is 1. The molecule has 35 heavy (non-hydrogen) atoms. The first-order chi connectivity index (χ1) is 16.7. The number of aliphatic hydroxyl groups is 1. The van der Waals surface area contributed by atoms with Crippen molar-refractivity contribution in [2.45, 2.75) is 13.0 Å². The molecular formula is C24H25AsFN5O4. The van der Waals surface area contributed by atoms with Gasteiger partial charge in [-0.2, -0.15) is 0 Å². The standard InChI is InChI=1S/C21H19AsFN5O.C3H6O3/c1-27-7-9-28(10-8-27)12-5-6-14-16(11-12)25-20(24-14)18-19(22)17-13(23)3-2-4-15(17)26-21(18)29;1-2(4)3(5)6/h2-6,11H,7-10H2,1H3,(H,24,25)(H,26,29);2,4H,1H3,(H,5,6). The molecule has 1 aliphatic heterocycles. The Morgan fingerprint density at radius 1 is 1.14 bits per heavy atom. The van der Waals surface area contributed by atoms with Crippen LogP contribution < -0.4 is 14.8 Å². The molecule has 1 atom stereocenters. The molecule has 1 saturated heterocycles. The van der Waals surface area contributed by atoms with Crippen LogP contribution in [-0.2, 0) is 4.79 Å². The molecule has 9 nitrogen and oxygen atoms in total. The number of pyridine rings is 1. The molecular weight excluding hydrogens is 516 g/mol. The van der Waals surface area contributed by atoms with Crippen LogP contribution >= 0.6 is 0 Å². The molecule has 4 aromatic rings.